The molecule has 0 aromatic carbocycles. The van der Waals surface area contributed by atoms with Crippen LogP contribution < -0.4 is 4.74 Å². The lowest BCUT2D eigenvalue weighted by molar-refractivity contribution is -0.275. The summed E-state index contributed by atoms with van der Waals surface area (Å²) in [5.74, 6) is -0.824. The summed E-state index contributed by atoms with van der Waals surface area (Å²) in [5.41, 5.74) is 0.415. The van der Waals surface area contributed by atoms with Crippen molar-refractivity contribution in [3.8, 4) is 5.75 Å². The van der Waals surface area contributed by atoms with Crippen molar-refractivity contribution in [1.29, 1.82) is 0 Å². The van der Waals surface area contributed by atoms with Crippen LogP contribution in [0.5, 0.6) is 5.75 Å². The molecule has 0 fully saturated rings. The SMILES string of the molecule is CCOC(=O)Cc1cc(I)c(OC(F)(F)F)c(C)n1. The number of aromatic nitrogens is 1. The first-order chi connectivity index (χ1) is 8.73. The number of hydrogen-bond donors (Lipinski definition) is 0. The van der Waals surface area contributed by atoms with Gasteiger partial charge in [0.1, 0.15) is 0 Å². The van der Waals surface area contributed by atoms with Gasteiger partial charge >= 0.3 is 12.3 Å². The molecular weight excluding hydrogens is 378 g/mol. The maximum atomic E-state index is 12.2. The molecule has 1 aromatic heterocycles. The highest BCUT2D eigenvalue weighted by molar-refractivity contribution is 14.1. The van der Waals surface area contributed by atoms with Gasteiger partial charge in [-0.1, -0.05) is 0 Å². The van der Waals surface area contributed by atoms with E-state index in [2.05, 4.69) is 9.72 Å². The van der Waals surface area contributed by atoms with Crippen molar-refractivity contribution in [1.82, 2.24) is 4.98 Å². The lowest BCUT2D eigenvalue weighted by Gasteiger charge is -2.13. The van der Waals surface area contributed by atoms with Crippen LogP contribution in [0.15, 0.2) is 6.07 Å². The second-order valence-electron chi connectivity index (χ2n) is 3.54. The Morgan fingerprint density at radius 2 is 2.11 bits per heavy atom. The van der Waals surface area contributed by atoms with Gasteiger partial charge in [0, 0.05) is 0 Å². The molecule has 0 atom stereocenters. The quantitative estimate of drug-likeness (QED) is 0.587. The van der Waals surface area contributed by atoms with Crippen molar-refractivity contribution in [2.45, 2.75) is 26.6 Å². The molecule has 0 radical (unpaired) electrons. The van der Waals surface area contributed by atoms with E-state index in [-0.39, 0.29) is 28.0 Å². The van der Waals surface area contributed by atoms with E-state index in [1.54, 1.807) is 29.5 Å². The molecule has 1 heterocycles. The van der Waals surface area contributed by atoms with Gasteiger partial charge in [0.25, 0.3) is 0 Å². The van der Waals surface area contributed by atoms with Gasteiger partial charge in [-0.05, 0) is 42.5 Å². The molecule has 0 spiro atoms. The van der Waals surface area contributed by atoms with Crippen molar-refractivity contribution in [2.75, 3.05) is 6.61 Å². The van der Waals surface area contributed by atoms with E-state index in [0.29, 0.717) is 5.69 Å². The molecule has 0 aliphatic rings. The maximum Gasteiger partial charge on any atom is 0.573 e. The predicted molar refractivity (Wildman–Crippen MR) is 68.7 cm³/mol. The largest absolute Gasteiger partial charge is 0.573 e. The summed E-state index contributed by atoms with van der Waals surface area (Å²) in [4.78, 5) is 15.2. The first kappa shape index (κ1) is 16.0. The Labute approximate surface area is 121 Å². The number of halogens is 4. The molecule has 0 amide bonds. The van der Waals surface area contributed by atoms with Crippen LogP contribution in [0.2, 0.25) is 0 Å². The number of alkyl halides is 3. The number of ether oxygens (including phenoxy) is 2. The molecule has 0 bridgehead atoms. The van der Waals surface area contributed by atoms with Gasteiger partial charge in [-0.2, -0.15) is 0 Å². The van der Waals surface area contributed by atoms with Gasteiger partial charge in [-0.15, -0.1) is 13.2 Å². The van der Waals surface area contributed by atoms with Gasteiger partial charge < -0.3 is 9.47 Å². The van der Waals surface area contributed by atoms with Gasteiger partial charge in [0.2, 0.25) is 0 Å². The number of esters is 1. The van der Waals surface area contributed by atoms with Gasteiger partial charge in [-0.3, -0.25) is 9.78 Å². The smallest absolute Gasteiger partial charge is 0.466 e. The van der Waals surface area contributed by atoms with E-state index in [4.69, 9.17) is 4.74 Å². The second-order valence-corrected chi connectivity index (χ2v) is 4.70. The summed E-state index contributed by atoms with van der Waals surface area (Å²) in [6.07, 6.45) is -4.86. The predicted octanol–water partition coefficient (Wildman–Crippen LogP) is 3.00. The van der Waals surface area contributed by atoms with Crippen molar-refractivity contribution in [3.63, 3.8) is 0 Å². The zero-order valence-electron chi connectivity index (χ0n) is 10.2. The fourth-order valence-electron chi connectivity index (χ4n) is 1.37. The average molecular weight is 389 g/mol. The summed E-state index contributed by atoms with van der Waals surface area (Å²) in [5, 5.41) is 0. The fraction of sp³-hybridized carbons (Fsp3) is 0.455. The highest BCUT2D eigenvalue weighted by atomic mass is 127. The first-order valence-electron chi connectivity index (χ1n) is 5.30. The Morgan fingerprint density at radius 3 is 2.58 bits per heavy atom. The van der Waals surface area contributed by atoms with Gasteiger partial charge in [0.15, 0.2) is 5.75 Å². The zero-order chi connectivity index (χ0) is 14.6. The van der Waals surface area contributed by atoms with Crippen LogP contribution in [0.3, 0.4) is 0 Å². The third-order valence-electron chi connectivity index (χ3n) is 2.00. The van der Waals surface area contributed by atoms with Crippen LogP contribution in [0.25, 0.3) is 0 Å². The van der Waals surface area contributed by atoms with E-state index in [9.17, 15) is 18.0 Å². The minimum Gasteiger partial charge on any atom is -0.466 e. The second kappa shape index (κ2) is 6.40. The maximum absolute atomic E-state index is 12.2. The highest BCUT2D eigenvalue weighted by Crippen LogP contribution is 2.30. The number of hydrogen-bond acceptors (Lipinski definition) is 4. The van der Waals surface area contributed by atoms with Crippen LogP contribution in [-0.2, 0) is 16.0 Å². The molecule has 0 N–H and O–H groups in total. The standard InChI is InChI=1S/C11H11F3INO3/c1-3-18-9(17)5-7-4-8(15)10(6(2)16-7)19-11(12,13)14/h4H,3,5H2,1-2H3. The van der Waals surface area contributed by atoms with E-state index in [1.807, 2.05) is 0 Å². The van der Waals surface area contributed by atoms with Gasteiger partial charge in [0.05, 0.1) is 28.0 Å². The Morgan fingerprint density at radius 1 is 1.47 bits per heavy atom. The molecule has 0 aliphatic carbocycles. The molecule has 106 valence electrons. The molecular formula is C11H11F3INO3. The number of aryl methyl sites for hydroxylation is 1. The van der Waals surface area contributed by atoms with Crippen LogP contribution >= 0.6 is 22.6 Å². The summed E-state index contributed by atoms with van der Waals surface area (Å²) in [7, 11) is 0. The van der Waals surface area contributed by atoms with Crippen molar-refractivity contribution >= 4 is 28.6 Å². The fourth-order valence-corrected chi connectivity index (χ4v) is 2.23. The zero-order valence-corrected chi connectivity index (χ0v) is 12.3. The van der Waals surface area contributed by atoms with E-state index < -0.39 is 12.3 Å². The Hall–Kier alpha value is -1.06. The number of pyridine rings is 1. The molecule has 0 unspecified atom stereocenters. The molecule has 0 saturated carbocycles. The van der Waals surface area contributed by atoms with Crippen molar-refractivity contribution < 1.29 is 27.4 Å². The molecule has 19 heavy (non-hydrogen) atoms. The number of nitrogens with zero attached hydrogens (tertiary/aromatic N) is 1. The molecule has 0 aliphatic heterocycles. The first-order valence-corrected chi connectivity index (χ1v) is 6.38. The molecule has 1 rings (SSSR count). The van der Waals surface area contributed by atoms with Crippen molar-refractivity contribution in [2.24, 2.45) is 0 Å². The van der Waals surface area contributed by atoms with Crippen LogP contribution in [-0.4, -0.2) is 23.9 Å². The van der Waals surface area contributed by atoms with Crippen LogP contribution in [0, 0.1) is 10.5 Å². The van der Waals surface area contributed by atoms with Crippen LogP contribution in [0.4, 0.5) is 13.2 Å². The lowest BCUT2D eigenvalue weighted by Crippen LogP contribution is -2.19. The normalized spacial score (nSPS) is 11.3. The van der Waals surface area contributed by atoms with E-state index in [1.165, 1.54) is 13.0 Å². The molecule has 0 saturated heterocycles. The Bertz CT molecular complexity index is 454. The highest BCUT2D eigenvalue weighted by Gasteiger charge is 2.33. The summed E-state index contributed by atoms with van der Waals surface area (Å²) >= 11 is 1.70. The Balaban J connectivity index is 2.94. The molecule has 4 nitrogen and oxygen atoms in total. The average Bonchev–Trinajstić information content (AvgIpc) is 2.22. The van der Waals surface area contributed by atoms with Gasteiger partial charge in [-0.25, -0.2) is 0 Å². The minimum atomic E-state index is -4.77. The number of carbonyl (C=O) groups is 1. The third-order valence-corrected chi connectivity index (χ3v) is 2.80. The molecule has 8 heteroatoms. The summed E-state index contributed by atoms with van der Waals surface area (Å²) in [6.45, 7) is 3.29. The number of carbonyl (C=O) groups excluding carboxylic acids is 1. The monoisotopic (exact) mass is 389 g/mol. The summed E-state index contributed by atoms with van der Waals surface area (Å²) in [6, 6.07) is 1.37. The van der Waals surface area contributed by atoms with Crippen LogP contribution in [0.1, 0.15) is 18.3 Å². The third kappa shape index (κ3) is 5.21. The number of rotatable bonds is 4. The summed E-state index contributed by atoms with van der Waals surface area (Å²) < 4.78 is 45.4. The topological polar surface area (TPSA) is 48.4 Å². The molecule has 1 aromatic rings. The van der Waals surface area contributed by atoms with E-state index >= 15 is 0 Å². The van der Waals surface area contributed by atoms with Crippen molar-refractivity contribution in [3.05, 3.63) is 21.0 Å². The lowest BCUT2D eigenvalue weighted by atomic mass is 10.2. The van der Waals surface area contributed by atoms with E-state index in [0.717, 1.165) is 0 Å². The minimum absolute atomic E-state index is 0.0727. The Kier molecular flexibility index (Phi) is 5.39.